The summed E-state index contributed by atoms with van der Waals surface area (Å²) in [6.07, 6.45) is 3.71. The Morgan fingerprint density at radius 2 is 2.10 bits per heavy atom. The van der Waals surface area contributed by atoms with Gasteiger partial charge in [0.2, 0.25) is 0 Å². The molecule has 31 heavy (non-hydrogen) atoms. The molecule has 0 saturated heterocycles. The number of pyridine rings is 1. The first-order chi connectivity index (χ1) is 14.8. The van der Waals surface area contributed by atoms with Gasteiger partial charge in [0.1, 0.15) is 11.0 Å². The number of benzene rings is 1. The summed E-state index contributed by atoms with van der Waals surface area (Å²) in [7, 11) is -3.49. The number of hydrogen-bond acceptors (Lipinski definition) is 6. The molecule has 0 amide bonds. The zero-order valence-corrected chi connectivity index (χ0v) is 18.8. The van der Waals surface area contributed by atoms with Crippen molar-refractivity contribution < 1.29 is 23.7 Å². The van der Waals surface area contributed by atoms with Crippen molar-refractivity contribution in [2.45, 2.75) is 37.5 Å². The van der Waals surface area contributed by atoms with Crippen molar-refractivity contribution in [3.63, 3.8) is 0 Å². The third-order valence-corrected chi connectivity index (χ3v) is 7.86. The van der Waals surface area contributed by atoms with E-state index in [0.29, 0.717) is 40.3 Å². The maximum Gasteiger partial charge on any atom is 0.163 e. The minimum atomic E-state index is -3.49. The first kappa shape index (κ1) is 23.5. The van der Waals surface area contributed by atoms with Crippen LogP contribution in [0.5, 0.6) is 5.75 Å². The van der Waals surface area contributed by atoms with Crippen LogP contribution in [0, 0.1) is 0 Å². The number of sulfone groups is 1. The monoisotopic (exact) mass is 463 g/mol. The third kappa shape index (κ3) is 5.36. The van der Waals surface area contributed by atoms with Crippen molar-refractivity contribution >= 4 is 33.1 Å². The van der Waals surface area contributed by atoms with Gasteiger partial charge in [0.25, 0.3) is 0 Å². The van der Waals surface area contributed by atoms with Crippen LogP contribution in [-0.2, 0) is 9.84 Å². The van der Waals surface area contributed by atoms with Gasteiger partial charge < -0.3 is 15.3 Å². The molecule has 3 rings (SSSR count). The van der Waals surface area contributed by atoms with Gasteiger partial charge in [0.05, 0.1) is 29.2 Å². The molecule has 0 saturated carbocycles. The van der Waals surface area contributed by atoms with Crippen molar-refractivity contribution in [2.24, 2.45) is 0 Å². The predicted molar refractivity (Wildman–Crippen MR) is 122 cm³/mol. The fraction of sp³-hybridized carbons (Fsp3) is 0.348. The van der Waals surface area contributed by atoms with Crippen molar-refractivity contribution in [3.8, 4) is 5.75 Å². The van der Waals surface area contributed by atoms with Crippen LogP contribution < -0.4 is 0 Å². The van der Waals surface area contributed by atoms with Gasteiger partial charge in [-0.15, -0.1) is 0 Å². The average Bonchev–Trinajstić information content (AvgIpc) is 3.02. The number of aromatic hydroxyl groups is 1. The Bertz CT molecular complexity index is 1100. The summed E-state index contributed by atoms with van der Waals surface area (Å²) in [5, 5.41) is 29.5. The second kappa shape index (κ2) is 9.96. The molecule has 0 spiro atoms. The summed E-state index contributed by atoms with van der Waals surface area (Å²) in [4.78, 5) is 4.39. The highest BCUT2D eigenvalue weighted by Gasteiger charge is 2.40. The molecule has 3 N–H and O–H groups in total. The molecule has 2 aromatic rings. The lowest BCUT2D eigenvalue weighted by Gasteiger charge is -2.19. The molecule has 2 atom stereocenters. The third-order valence-electron chi connectivity index (χ3n) is 5.51. The van der Waals surface area contributed by atoms with E-state index < -0.39 is 27.8 Å². The van der Waals surface area contributed by atoms with Gasteiger partial charge in [-0.25, -0.2) is 8.42 Å². The van der Waals surface area contributed by atoms with Gasteiger partial charge in [0.15, 0.2) is 9.84 Å². The van der Waals surface area contributed by atoms with Crippen molar-refractivity contribution in [1.29, 1.82) is 0 Å². The molecule has 1 aliphatic heterocycles. The van der Waals surface area contributed by atoms with E-state index in [0.717, 1.165) is 5.57 Å². The largest absolute Gasteiger partial charge is 0.508 e. The molecular weight excluding hydrogens is 438 g/mol. The molecule has 0 aliphatic carbocycles. The number of nitrogens with zero attached hydrogens (tertiary/aromatic N) is 1. The Hall–Kier alpha value is -2.19. The Kier molecular flexibility index (Phi) is 7.54. The number of hydrogen-bond donors (Lipinski definition) is 3. The van der Waals surface area contributed by atoms with E-state index in [1.165, 1.54) is 12.1 Å². The van der Waals surface area contributed by atoms with Gasteiger partial charge in [-0.3, -0.25) is 4.98 Å². The van der Waals surface area contributed by atoms with E-state index in [1.807, 2.05) is 25.1 Å². The van der Waals surface area contributed by atoms with Crippen LogP contribution in [0.25, 0.3) is 11.6 Å². The molecule has 166 valence electrons. The highest BCUT2D eigenvalue weighted by atomic mass is 35.5. The van der Waals surface area contributed by atoms with E-state index >= 15 is 0 Å². The Balaban J connectivity index is 1.90. The second-order valence-corrected chi connectivity index (χ2v) is 10.1. The van der Waals surface area contributed by atoms with E-state index in [2.05, 4.69) is 4.98 Å². The molecule has 1 aromatic heterocycles. The maximum absolute atomic E-state index is 12.4. The molecule has 1 aromatic carbocycles. The van der Waals surface area contributed by atoms with Crippen molar-refractivity contribution in [2.75, 3.05) is 12.4 Å². The summed E-state index contributed by atoms with van der Waals surface area (Å²) in [5.41, 5.74) is 3.32. The second-order valence-electron chi connectivity index (χ2n) is 7.54. The Labute approximate surface area is 187 Å². The highest BCUT2D eigenvalue weighted by molar-refractivity contribution is 7.92. The Morgan fingerprint density at radius 1 is 1.32 bits per heavy atom. The highest BCUT2D eigenvalue weighted by Crippen LogP contribution is 2.34. The fourth-order valence-electron chi connectivity index (χ4n) is 3.91. The average molecular weight is 464 g/mol. The number of aliphatic hydroxyl groups excluding tert-OH is 2. The normalized spacial score (nSPS) is 19.6. The zero-order chi connectivity index (χ0) is 22.6. The number of aliphatic hydroxyl groups is 2. The number of halogens is 1. The SMILES string of the molecule is CCC1=C([C@H](O)CC/C(=C/c2ccc(O)cc2Cl)c2ccccn2)[C@H](CO)S(=O)(=O)C1. The zero-order valence-electron chi connectivity index (χ0n) is 17.2. The molecular formula is C23H26ClNO5S. The molecule has 0 bridgehead atoms. The molecule has 0 radical (unpaired) electrons. The minimum absolute atomic E-state index is 0.0634. The van der Waals surface area contributed by atoms with E-state index in [1.54, 1.807) is 18.3 Å². The molecule has 8 heteroatoms. The van der Waals surface area contributed by atoms with Gasteiger partial charge in [-0.2, -0.15) is 0 Å². The van der Waals surface area contributed by atoms with Crippen LogP contribution in [0.1, 0.15) is 37.4 Å². The number of allylic oxidation sites excluding steroid dienone is 1. The van der Waals surface area contributed by atoms with Crippen LogP contribution >= 0.6 is 11.6 Å². The van der Waals surface area contributed by atoms with Crippen LogP contribution in [-0.4, -0.2) is 52.4 Å². The lowest BCUT2D eigenvalue weighted by atomic mass is 9.93. The quantitative estimate of drug-likeness (QED) is 0.516. The first-order valence-corrected chi connectivity index (χ1v) is 12.2. The summed E-state index contributed by atoms with van der Waals surface area (Å²) in [6.45, 7) is 1.31. The van der Waals surface area contributed by atoms with Crippen molar-refractivity contribution in [3.05, 3.63) is 70.0 Å². The van der Waals surface area contributed by atoms with Gasteiger partial charge in [-0.1, -0.05) is 30.2 Å². The summed E-state index contributed by atoms with van der Waals surface area (Å²) in [6, 6.07) is 10.2. The van der Waals surface area contributed by atoms with Gasteiger partial charge >= 0.3 is 0 Å². The topological polar surface area (TPSA) is 108 Å². The van der Waals surface area contributed by atoms with Crippen LogP contribution in [0.4, 0.5) is 0 Å². The first-order valence-electron chi connectivity index (χ1n) is 10.1. The number of phenolic OH excluding ortho intramolecular Hbond substituents is 1. The molecule has 2 heterocycles. The van der Waals surface area contributed by atoms with E-state index in [-0.39, 0.29) is 17.9 Å². The van der Waals surface area contributed by atoms with Crippen LogP contribution in [0.15, 0.2) is 53.7 Å². The van der Waals surface area contributed by atoms with Crippen LogP contribution in [0.2, 0.25) is 5.02 Å². The number of rotatable bonds is 8. The maximum atomic E-state index is 12.4. The van der Waals surface area contributed by atoms with E-state index in [4.69, 9.17) is 11.6 Å². The smallest absolute Gasteiger partial charge is 0.163 e. The molecule has 0 unspecified atom stereocenters. The molecule has 0 fully saturated rings. The Morgan fingerprint density at radius 3 is 2.71 bits per heavy atom. The van der Waals surface area contributed by atoms with E-state index in [9.17, 15) is 23.7 Å². The molecule has 6 nitrogen and oxygen atoms in total. The lowest BCUT2D eigenvalue weighted by molar-refractivity contribution is 0.190. The summed E-state index contributed by atoms with van der Waals surface area (Å²) >= 11 is 6.26. The van der Waals surface area contributed by atoms with Gasteiger partial charge in [-0.05, 0) is 72.4 Å². The summed E-state index contributed by atoms with van der Waals surface area (Å²) < 4.78 is 24.7. The number of aromatic nitrogens is 1. The van der Waals surface area contributed by atoms with Crippen LogP contribution in [0.3, 0.4) is 0 Å². The molecule has 1 aliphatic rings. The fourth-order valence-corrected chi connectivity index (χ4v) is 6.14. The number of phenols is 1. The lowest BCUT2D eigenvalue weighted by Crippen LogP contribution is -2.29. The standard InChI is InChI=1S/C23H26ClNO5S/c1-2-15-14-31(29,30)22(13-26)23(15)21(28)9-7-17(20-5-3-4-10-25-20)11-16-6-8-18(27)12-19(16)24/h3-6,8,10-12,21-22,26-28H,2,7,9,13-14H2,1H3/b17-11-/t21-,22+/m1/s1. The summed E-state index contributed by atoms with van der Waals surface area (Å²) in [5.74, 6) is -0.0545. The minimum Gasteiger partial charge on any atom is -0.508 e. The van der Waals surface area contributed by atoms with Gasteiger partial charge in [0, 0.05) is 6.20 Å². The predicted octanol–water partition coefficient (Wildman–Crippen LogP) is 3.62. The van der Waals surface area contributed by atoms with Crippen molar-refractivity contribution in [1.82, 2.24) is 4.98 Å².